The Balaban J connectivity index is 1.27. The van der Waals surface area contributed by atoms with E-state index in [0.29, 0.717) is 30.9 Å². The molecule has 216 valence electrons. The largest absolute Gasteiger partial charge is 0.489 e. The maximum Gasteiger partial charge on any atom is 0.410 e. The highest BCUT2D eigenvalue weighted by Crippen LogP contribution is 2.45. The molecule has 0 bridgehead atoms. The molecule has 0 aliphatic carbocycles. The number of nitrogens with zero attached hydrogens (tertiary/aromatic N) is 3. The number of nitrogens with one attached hydrogen (secondary N) is 1. The molecule has 1 aromatic heterocycles. The molecular formula is C31H36N4O6. The molecule has 2 aromatic carbocycles. The number of aryl methyl sites for hydroxylation is 1. The van der Waals surface area contributed by atoms with Crippen LogP contribution < -0.4 is 10.2 Å². The monoisotopic (exact) mass is 560 g/mol. The molecule has 2 aliphatic heterocycles. The summed E-state index contributed by atoms with van der Waals surface area (Å²) in [6.45, 7) is 9.80. The smallest absolute Gasteiger partial charge is 0.410 e. The first-order valence-electron chi connectivity index (χ1n) is 13.8. The van der Waals surface area contributed by atoms with Gasteiger partial charge in [-0.3, -0.25) is 15.0 Å². The van der Waals surface area contributed by atoms with Crippen LogP contribution in [0.3, 0.4) is 0 Å². The number of hydrogen-bond donors (Lipinski definition) is 2. The number of ether oxygens (including phenoxy) is 2. The molecule has 1 saturated heterocycles. The van der Waals surface area contributed by atoms with Crippen LogP contribution in [0, 0.1) is 12.3 Å². The lowest BCUT2D eigenvalue weighted by atomic mass is 9.73. The second-order valence-electron chi connectivity index (χ2n) is 11.7. The third-order valence-corrected chi connectivity index (χ3v) is 7.89. The highest BCUT2D eigenvalue weighted by atomic mass is 16.6. The van der Waals surface area contributed by atoms with Crippen molar-refractivity contribution in [2.45, 2.75) is 71.8 Å². The molecule has 2 amide bonds. The SMILES string of the molecule is Cc1cc(COc2ccc(C3=NOC(C4(C(=O)NO)CCN(C(=O)OC(C)(C)C)C4C)C3)cc2)c2ccccc2n1. The number of benzene rings is 2. The fourth-order valence-electron chi connectivity index (χ4n) is 5.78. The van der Waals surface area contributed by atoms with Crippen LogP contribution in [-0.4, -0.2) is 57.1 Å². The van der Waals surface area contributed by atoms with Crippen molar-refractivity contribution in [3.63, 3.8) is 0 Å². The quantitative estimate of drug-likeness (QED) is 0.316. The van der Waals surface area contributed by atoms with Crippen LogP contribution in [-0.2, 0) is 21.0 Å². The normalized spacial score (nSPS) is 22.3. The Bertz CT molecular complexity index is 1480. The molecule has 3 aromatic rings. The summed E-state index contributed by atoms with van der Waals surface area (Å²) in [6.07, 6.45) is -0.556. The first-order chi connectivity index (χ1) is 19.5. The third-order valence-electron chi connectivity index (χ3n) is 7.89. The van der Waals surface area contributed by atoms with E-state index in [2.05, 4.69) is 10.1 Å². The van der Waals surface area contributed by atoms with E-state index < -0.39 is 35.2 Å². The van der Waals surface area contributed by atoms with E-state index in [4.69, 9.17) is 14.3 Å². The molecule has 2 aliphatic rings. The predicted molar refractivity (Wildman–Crippen MR) is 153 cm³/mol. The number of hydrogen-bond acceptors (Lipinski definition) is 8. The van der Waals surface area contributed by atoms with Crippen LogP contribution in [0.1, 0.15) is 57.4 Å². The highest BCUT2D eigenvalue weighted by Gasteiger charge is 2.60. The average Bonchev–Trinajstić information content (AvgIpc) is 3.56. The van der Waals surface area contributed by atoms with Crippen molar-refractivity contribution in [1.29, 1.82) is 0 Å². The molecule has 41 heavy (non-hydrogen) atoms. The van der Waals surface area contributed by atoms with Crippen LogP contribution in [0.5, 0.6) is 5.75 Å². The maximum absolute atomic E-state index is 13.1. The van der Waals surface area contributed by atoms with Gasteiger partial charge >= 0.3 is 6.09 Å². The van der Waals surface area contributed by atoms with Gasteiger partial charge in [-0.2, -0.15) is 0 Å². The molecule has 2 N–H and O–H groups in total. The predicted octanol–water partition coefficient (Wildman–Crippen LogP) is 5.14. The Hall–Kier alpha value is -4.18. The number of carbonyl (C=O) groups excluding carboxylic acids is 2. The number of aromatic nitrogens is 1. The number of carbonyl (C=O) groups is 2. The summed E-state index contributed by atoms with van der Waals surface area (Å²) in [5, 5.41) is 15.0. The summed E-state index contributed by atoms with van der Waals surface area (Å²) in [5.74, 6) is 0.0945. The number of pyridine rings is 1. The fourth-order valence-corrected chi connectivity index (χ4v) is 5.78. The molecule has 1 fully saturated rings. The zero-order chi connectivity index (χ0) is 29.4. The van der Waals surface area contributed by atoms with E-state index in [0.717, 1.165) is 27.7 Å². The van der Waals surface area contributed by atoms with Gasteiger partial charge in [0.05, 0.1) is 17.3 Å². The number of likely N-dealkylation sites (tertiary alicyclic amines) is 1. The number of hydroxylamine groups is 1. The third kappa shape index (κ3) is 5.56. The minimum Gasteiger partial charge on any atom is -0.489 e. The summed E-state index contributed by atoms with van der Waals surface area (Å²) in [7, 11) is 0. The molecule has 0 saturated carbocycles. The first kappa shape index (κ1) is 28.4. The van der Waals surface area contributed by atoms with Gasteiger partial charge < -0.3 is 19.2 Å². The molecular weight excluding hydrogens is 524 g/mol. The van der Waals surface area contributed by atoms with E-state index in [1.54, 1.807) is 33.2 Å². The Labute approximate surface area is 239 Å². The van der Waals surface area contributed by atoms with Gasteiger partial charge in [-0.25, -0.2) is 10.3 Å². The van der Waals surface area contributed by atoms with Gasteiger partial charge in [0.15, 0.2) is 0 Å². The summed E-state index contributed by atoms with van der Waals surface area (Å²) in [5.41, 5.74) is 4.36. The molecule has 5 rings (SSSR count). The zero-order valence-electron chi connectivity index (χ0n) is 24.0. The molecule has 3 unspecified atom stereocenters. The van der Waals surface area contributed by atoms with Crippen LogP contribution >= 0.6 is 0 Å². The Kier molecular flexibility index (Phi) is 7.61. The Morgan fingerprint density at radius 1 is 1.17 bits per heavy atom. The number of fused-ring (bicyclic) bond motifs is 1. The van der Waals surface area contributed by atoms with E-state index in [1.807, 2.05) is 61.5 Å². The molecule has 3 heterocycles. The van der Waals surface area contributed by atoms with Crippen molar-refractivity contribution in [3.05, 3.63) is 71.4 Å². The second kappa shape index (κ2) is 11.0. The number of oxime groups is 1. The van der Waals surface area contributed by atoms with Gasteiger partial charge in [0.1, 0.15) is 29.5 Å². The van der Waals surface area contributed by atoms with Crippen molar-refractivity contribution in [1.82, 2.24) is 15.4 Å². The van der Waals surface area contributed by atoms with Crippen LogP contribution in [0.15, 0.2) is 59.8 Å². The summed E-state index contributed by atoms with van der Waals surface area (Å²) in [6, 6.07) is 17.0. The standard InChI is InChI=1S/C31H36N4O6/c1-19-16-22(24-8-6-7-9-25(24)32-19)18-39-23-12-10-21(11-13-23)26-17-27(41-34-26)31(28(36)33-38)14-15-35(20(31)2)29(37)40-30(3,4)5/h6-13,16,20,27,38H,14-15,17-18H2,1-5H3,(H,33,36). The fraction of sp³-hybridized carbons (Fsp3) is 0.419. The van der Waals surface area contributed by atoms with Gasteiger partial charge in [0, 0.05) is 29.6 Å². The minimum absolute atomic E-state index is 0.289. The van der Waals surface area contributed by atoms with E-state index in [-0.39, 0.29) is 6.54 Å². The van der Waals surface area contributed by atoms with Gasteiger partial charge in [-0.15, -0.1) is 0 Å². The number of para-hydroxylation sites is 1. The van der Waals surface area contributed by atoms with Gasteiger partial charge in [0.25, 0.3) is 5.91 Å². The van der Waals surface area contributed by atoms with Crippen LogP contribution in [0.4, 0.5) is 4.79 Å². The lowest BCUT2D eigenvalue weighted by Crippen LogP contribution is -2.55. The van der Waals surface area contributed by atoms with Crippen molar-refractivity contribution in [3.8, 4) is 5.75 Å². The summed E-state index contributed by atoms with van der Waals surface area (Å²) in [4.78, 5) is 37.8. The maximum atomic E-state index is 13.1. The lowest BCUT2D eigenvalue weighted by molar-refractivity contribution is -0.151. The molecule has 10 nitrogen and oxygen atoms in total. The molecule has 3 atom stereocenters. The van der Waals surface area contributed by atoms with Gasteiger partial charge in [-0.1, -0.05) is 23.4 Å². The van der Waals surface area contributed by atoms with Crippen molar-refractivity contribution in [2.75, 3.05) is 6.54 Å². The number of rotatable bonds is 6. The van der Waals surface area contributed by atoms with Crippen molar-refractivity contribution < 1.29 is 29.1 Å². The summed E-state index contributed by atoms with van der Waals surface area (Å²) < 4.78 is 11.6. The number of amides is 2. The van der Waals surface area contributed by atoms with E-state index in [9.17, 15) is 14.8 Å². The van der Waals surface area contributed by atoms with E-state index >= 15 is 0 Å². The zero-order valence-corrected chi connectivity index (χ0v) is 24.0. The first-order valence-corrected chi connectivity index (χ1v) is 13.8. The minimum atomic E-state index is -1.20. The second-order valence-corrected chi connectivity index (χ2v) is 11.7. The van der Waals surface area contributed by atoms with Crippen LogP contribution in [0.2, 0.25) is 0 Å². The van der Waals surface area contributed by atoms with Gasteiger partial charge in [-0.05, 0) is 83.0 Å². The molecule has 10 heteroatoms. The van der Waals surface area contributed by atoms with Crippen LogP contribution in [0.25, 0.3) is 10.9 Å². The highest BCUT2D eigenvalue weighted by molar-refractivity contribution is 6.02. The van der Waals surface area contributed by atoms with Gasteiger partial charge in [0.2, 0.25) is 0 Å². The average molecular weight is 561 g/mol. The Morgan fingerprint density at radius 2 is 1.90 bits per heavy atom. The topological polar surface area (TPSA) is 123 Å². The van der Waals surface area contributed by atoms with Crippen molar-refractivity contribution in [2.24, 2.45) is 10.6 Å². The summed E-state index contributed by atoms with van der Waals surface area (Å²) >= 11 is 0. The molecule has 0 spiro atoms. The molecule has 0 radical (unpaired) electrons. The van der Waals surface area contributed by atoms with Crippen molar-refractivity contribution >= 4 is 28.6 Å². The van der Waals surface area contributed by atoms with E-state index in [1.165, 1.54) is 4.90 Å². The lowest BCUT2D eigenvalue weighted by Gasteiger charge is -2.37. The Morgan fingerprint density at radius 3 is 2.61 bits per heavy atom.